The van der Waals surface area contributed by atoms with E-state index in [1.807, 2.05) is 13.0 Å². The highest BCUT2D eigenvalue weighted by Gasteiger charge is 2.19. The van der Waals surface area contributed by atoms with Gasteiger partial charge in [-0.1, -0.05) is 31.2 Å². The first-order chi connectivity index (χ1) is 9.20. The summed E-state index contributed by atoms with van der Waals surface area (Å²) >= 11 is 0. The van der Waals surface area contributed by atoms with Crippen molar-refractivity contribution < 1.29 is 4.79 Å². The molecule has 0 bridgehead atoms. The molecule has 1 aliphatic rings. The first-order valence-electron chi connectivity index (χ1n) is 7.05. The van der Waals surface area contributed by atoms with Crippen LogP contribution in [0.2, 0.25) is 0 Å². The van der Waals surface area contributed by atoms with Gasteiger partial charge in [-0.15, -0.1) is 0 Å². The molecule has 19 heavy (non-hydrogen) atoms. The molecule has 0 heterocycles. The van der Waals surface area contributed by atoms with Crippen molar-refractivity contribution in [1.29, 1.82) is 0 Å². The molecule has 2 nitrogen and oxygen atoms in total. The van der Waals surface area contributed by atoms with E-state index < -0.39 is 0 Å². The zero-order chi connectivity index (χ0) is 13.4. The van der Waals surface area contributed by atoms with Gasteiger partial charge in [0.05, 0.1) is 0 Å². The van der Waals surface area contributed by atoms with Gasteiger partial charge in [0.15, 0.2) is 0 Å². The Kier molecular flexibility index (Phi) is 3.02. The number of amides is 1. The summed E-state index contributed by atoms with van der Waals surface area (Å²) in [5, 5.41) is 5.47. The SMILES string of the molecule is CC[C@@H](C)NC(=O)c1ccc2c3c(cccc13)CC2. The van der Waals surface area contributed by atoms with Crippen LogP contribution in [0.15, 0.2) is 30.3 Å². The van der Waals surface area contributed by atoms with Gasteiger partial charge in [0.25, 0.3) is 5.91 Å². The second-order valence-electron chi connectivity index (χ2n) is 5.39. The van der Waals surface area contributed by atoms with Crippen molar-refractivity contribution in [3.8, 4) is 0 Å². The van der Waals surface area contributed by atoms with Gasteiger partial charge in [-0.05, 0) is 54.2 Å². The van der Waals surface area contributed by atoms with Crippen molar-refractivity contribution in [1.82, 2.24) is 5.32 Å². The molecule has 0 radical (unpaired) electrons. The number of aryl methyl sites for hydroxylation is 2. The molecule has 0 unspecified atom stereocenters. The van der Waals surface area contributed by atoms with Crippen LogP contribution in [0.25, 0.3) is 10.8 Å². The van der Waals surface area contributed by atoms with Crippen LogP contribution >= 0.6 is 0 Å². The van der Waals surface area contributed by atoms with Gasteiger partial charge in [0, 0.05) is 11.6 Å². The van der Waals surface area contributed by atoms with E-state index in [4.69, 9.17) is 0 Å². The van der Waals surface area contributed by atoms with Crippen LogP contribution in [-0.2, 0) is 12.8 Å². The Morgan fingerprint density at radius 1 is 1.21 bits per heavy atom. The zero-order valence-corrected chi connectivity index (χ0v) is 11.5. The number of nitrogens with one attached hydrogen (secondary N) is 1. The van der Waals surface area contributed by atoms with Crippen molar-refractivity contribution in [3.63, 3.8) is 0 Å². The highest BCUT2D eigenvalue weighted by atomic mass is 16.1. The highest BCUT2D eigenvalue weighted by molar-refractivity contribution is 6.09. The Balaban J connectivity index is 2.08. The smallest absolute Gasteiger partial charge is 0.252 e. The van der Waals surface area contributed by atoms with Crippen molar-refractivity contribution in [3.05, 3.63) is 47.0 Å². The summed E-state index contributed by atoms with van der Waals surface area (Å²) in [5.74, 6) is 0.0463. The lowest BCUT2D eigenvalue weighted by Crippen LogP contribution is -2.32. The standard InChI is InChI=1S/C17H19NO/c1-3-11(2)18-17(19)15-10-9-13-8-7-12-5-4-6-14(15)16(12)13/h4-6,9-11H,3,7-8H2,1-2H3,(H,18,19)/t11-/m1/s1. The van der Waals surface area contributed by atoms with E-state index in [0.717, 1.165) is 30.2 Å². The number of carbonyl (C=O) groups is 1. The van der Waals surface area contributed by atoms with Gasteiger partial charge in [0.1, 0.15) is 0 Å². The van der Waals surface area contributed by atoms with Crippen LogP contribution in [0.3, 0.4) is 0 Å². The van der Waals surface area contributed by atoms with E-state index in [1.54, 1.807) is 0 Å². The van der Waals surface area contributed by atoms with Crippen LogP contribution in [0.1, 0.15) is 41.8 Å². The monoisotopic (exact) mass is 253 g/mol. The number of hydrogen-bond acceptors (Lipinski definition) is 1. The second kappa shape index (κ2) is 4.69. The summed E-state index contributed by atoms with van der Waals surface area (Å²) in [7, 11) is 0. The van der Waals surface area contributed by atoms with E-state index in [9.17, 15) is 4.79 Å². The largest absolute Gasteiger partial charge is 0.350 e. The topological polar surface area (TPSA) is 29.1 Å². The maximum atomic E-state index is 12.4. The molecule has 0 spiro atoms. The third kappa shape index (κ3) is 2.01. The quantitative estimate of drug-likeness (QED) is 0.891. The minimum Gasteiger partial charge on any atom is -0.350 e. The summed E-state index contributed by atoms with van der Waals surface area (Å²) < 4.78 is 0. The summed E-state index contributed by atoms with van der Waals surface area (Å²) in [6.45, 7) is 4.12. The van der Waals surface area contributed by atoms with E-state index >= 15 is 0 Å². The maximum Gasteiger partial charge on any atom is 0.252 e. The molecule has 0 fully saturated rings. The normalized spacial score (nSPS) is 14.6. The molecular weight excluding hydrogens is 234 g/mol. The molecule has 2 heteroatoms. The van der Waals surface area contributed by atoms with Crippen LogP contribution < -0.4 is 5.32 Å². The fraction of sp³-hybridized carbons (Fsp3) is 0.353. The van der Waals surface area contributed by atoms with Crippen LogP contribution in [0.5, 0.6) is 0 Å². The first-order valence-corrected chi connectivity index (χ1v) is 7.05. The molecule has 1 amide bonds. The molecular formula is C17H19NO. The average Bonchev–Trinajstić information content (AvgIpc) is 2.84. The van der Waals surface area contributed by atoms with E-state index in [-0.39, 0.29) is 11.9 Å². The average molecular weight is 253 g/mol. The van der Waals surface area contributed by atoms with E-state index in [2.05, 4.69) is 36.5 Å². The highest BCUT2D eigenvalue weighted by Crippen LogP contribution is 2.32. The van der Waals surface area contributed by atoms with Gasteiger partial charge >= 0.3 is 0 Å². The predicted octanol–water partition coefficient (Wildman–Crippen LogP) is 3.47. The van der Waals surface area contributed by atoms with Crippen molar-refractivity contribution in [2.75, 3.05) is 0 Å². The molecule has 1 aliphatic carbocycles. The fourth-order valence-electron chi connectivity index (χ4n) is 2.85. The van der Waals surface area contributed by atoms with Crippen molar-refractivity contribution >= 4 is 16.7 Å². The molecule has 0 aliphatic heterocycles. The lowest BCUT2D eigenvalue weighted by Gasteiger charge is -2.13. The Labute approximate surface area is 113 Å². The molecule has 98 valence electrons. The number of rotatable bonds is 3. The van der Waals surface area contributed by atoms with Gasteiger partial charge in [-0.2, -0.15) is 0 Å². The van der Waals surface area contributed by atoms with E-state index in [0.29, 0.717) is 0 Å². The molecule has 0 saturated carbocycles. The van der Waals surface area contributed by atoms with Crippen molar-refractivity contribution in [2.45, 2.75) is 39.2 Å². The number of benzene rings is 2. The van der Waals surface area contributed by atoms with Gasteiger partial charge in [0.2, 0.25) is 0 Å². The lowest BCUT2D eigenvalue weighted by atomic mass is 9.99. The Morgan fingerprint density at radius 3 is 2.68 bits per heavy atom. The second-order valence-corrected chi connectivity index (χ2v) is 5.39. The summed E-state index contributed by atoms with van der Waals surface area (Å²) in [6, 6.07) is 10.6. The van der Waals surface area contributed by atoms with Gasteiger partial charge in [-0.3, -0.25) is 4.79 Å². The lowest BCUT2D eigenvalue weighted by molar-refractivity contribution is 0.0941. The molecule has 2 aromatic carbocycles. The summed E-state index contributed by atoms with van der Waals surface area (Å²) in [4.78, 5) is 12.4. The van der Waals surface area contributed by atoms with Gasteiger partial charge < -0.3 is 5.32 Å². The fourth-order valence-corrected chi connectivity index (χ4v) is 2.85. The Bertz CT molecular complexity index is 635. The molecule has 0 saturated heterocycles. The maximum absolute atomic E-state index is 12.4. The van der Waals surface area contributed by atoms with Gasteiger partial charge in [-0.25, -0.2) is 0 Å². The minimum absolute atomic E-state index is 0.0463. The van der Waals surface area contributed by atoms with Crippen LogP contribution in [-0.4, -0.2) is 11.9 Å². The molecule has 2 aromatic rings. The number of carbonyl (C=O) groups excluding carboxylic acids is 1. The van der Waals surface area contributed by atoms with Crippen LogP contribution in [0, 0.1) is 0 Å². The molecule has 0 aromatic heterocycles. The van der Waals surface area contributed by atoms with Crippen molar-refractivity contribution in [2.24, 2.45) is 0 Å². The zero-order valence-electron chi connectivity index (χ0n) is 11.5. The number of hydrogen-bond donors (Lipinski definition) is 1. The third-order valence-electron chi connectivity index (χ3n) is 4.11. The molecule has 1 atom stereocenters. The molecule has 1 N–H and O–H groups in total. The third-order valence-corrected chi connectivity index (χ3v) is 4.11. The van der Waals surface area contributed by atoms with Crippen LogP contribution in [0.4, 0.5) is 0 Å². The first kappa shape index (κ1) is 12.2. The molecule has 3 rings (SSSR count). The summed E-state index contributed by atoms with van der Waals surface area (Å²) in [6.07, 6.45) is 3.15. The Hall–Kier alpha value is -1.83. The Morgan fingerprint density at radius 2 is 1.95 bits per heavy atom. The summed E-state index contributed by atoms with van der Waals surface area (Å²) in [5.41, 5.74) is 3.57. The van der Waals surface area contributed by atoms with E-state index in [1.165, 1.54) is 16.5 Å². The minimum atomic E-state index is 0.0463. The predicted molar refractivity (Wildman–Crippen MR) is 78.6 cm³/mol.